The third kappa shape index (κ3) is 4.65. The molecular formula is C18H24N2O2S2. The van der Waals surface area contributed by atoms with E-state index in [2.05, 4.69) is 28.9 Å². The van der Waals surface area contributed by atoms with Crippen LogP contribution in [0.3, 0.4) is 0 Å². The van der Waals surface area contributed by atoms with E-state index in [-0.39, 0.29) is 5.92 Å². The Hall–Kier alpha value is -1.24. The van der Waals surface area contributed by atoms with Crippen LogP contribution in [-0.2, 0) is 16.4 Å². The molecule has 2 heterocycles. The number of rotatable bonds is 5. The van der Waals surface area contributed by atoms with Crippen molar-refractivity contribution < 1.29 is 8.42 Å². The summed E-state index contributed by atoms with van der Waals surface area (Å²) >= 11 is 1.74. The Bertz CT molecular complexity index is 799. The van der Waals surface area contributed by atoms with Gasteiger partial charge in [-0.1, -0.05) is 24.3 Å². The Morgan fingerprint density at radius 1 is 1.33 bits per heavy atom. The summed E-state index contributed by atoms with van der Waals surface area (Å²) in [6, 6.07) is 8.31. The minimum absolute atomic E-state index is 0.262. The lowest BCUT2D eigenvalue weighted by Crippen LogP contribution is -2.37. The molecule has 0 bridgehead atoms. The van der Waals surface area contributed by atoms with Crippen molar-refractivity contribution in [2.45, 2.75) is 26.3 Å². The second kappa shape index (κ2) is 7.33. The number of hydrogen-bond acceptors (Lipinski definition) is 5. The van der Waals surface area contributed by atoms with Crippen molar-refractivity contribution in [3.63, 3.8) is 0 Å². The van der Waals surface area contributed by atoms with Gasteiger partial charge in [0, 0.05) is 36.0 Å². The minimum Gasteiger partial charge on any atom is -0.298 e. The second-order valence-corrected chi connectivity index (χ2v) is 10.1. The highest BCUT2D eigenvalue weighted by Gasteiger charge is 2.23. The van der Waals surface area contributed by atoms with Gasteiger partial charge < -0.3 is 0 Å². The summed E-state index contributed by atoms with van der Waals surface area (Å²) in [5.41, 5.74) is 2.44. The first-order valence-electron chi connectivity index (χ1n) is 8.31. The number of benzene rings is 1. The topological polar surface area (TPSA) is 50.3 Å². The summed E-state index contributed by atoms with van der Waals surface area (Å²) in [6.45, 7) is 4.88. The lowest BCUT2D eigenvalue weighted by Gasteiger charge is -2.31. The van der Waals surface area contributed by atoms with Crippen molar-refractivity contribution >= 4 is 21.2 Å². The lowest BCUT2D eigenvalue weighted by atomic mass is 10.0. The lowest BCUT2D eigenvalue weighted by molar-refractivity contribution is 0.179. The first-order chi connectivity index (χ1) is 11.4. The van der Waals surface area contributed by atoms with Crippen molar-refractivity contribution in [2.24, 2.45) is 5.92 Å². The van der Waals surface area contributed by atoms with Gasteiger partial charge in [0.1, 0.15) is 14.8 Å². The molecule has 0 N–H and O–H groups in total. The van der Waals surface area contributed by atoms with Crippen LogP contribution in [0.15, 0.2) is 30.5 Å². The Morgan fingerprint density at radius 3 is 2.88 bits per heavy atom. The molecular weight excluding hydrogens is 340 g/mol. The number of aromatic nitrogens is 1. The monoisotopic (exact) mass is 364 g/mol. The van der Waals surface area contributed by atoms with Gasteiger partial charge in [0.2, 0.25) is 0 Å². The normalized spacial score (nSPS) is 19.5. The fraction of sp³-hybridized carbons (Fsp3) is 0.500. The smallest absolute Gasteiger partial charge is 0.147 e. The average Bonchev–Trinajstić information content (AvgIpc) is 2.94. The predicted octanol–water partition coefficient (Wildman–Crippen LogP) is 3.38. The molecule has 1 atom stereocenters. The van der Waals surface area contributed by atoms with E-state index in [1.54, 1.807) is 11.3 Å². The van der Waals surface area contributed by atoms with Crippen LogP contribution in [0.1, 0.15) is 23.3 Å². The van der Waals surface area contributed by atoms with Crippen LogP contribution in [0.4, 0.5) is 0 Å². The minimum atomic E-state index is -2.89. The molecule has 0 spiro atoms. The molecule has 1 aliphatic rings. The molecule has 4 nitrogen and oxygen atoms in total. The molecule has 1 aliphatic heterocycles. The van der Waals surface area contributed by atoms with Crippen LogP contribution in [0, 0.1) is 12.8 Å². The van der Waals surface area contributed by atoms with Crippen molar-refractivity contribution in [3.8, 4) is 10.6 Å². The van der Waals surface area contributed by atoms with Gasteiger partial charge in [0.25, 0.3) is 0 Å². The van der Waals surface area contributed by atoms with Crippen molar-refractivity contribution in [1.82, 2.24) is 9.88 Å². The molecule has 0 amide bonds. The fourth-order valence-electron chi connectivity index (χ4n) is 3.40. The molecule has 24 heavy (non-hydrogen) atoms. The predicted molar refractivity (Wildman–Crippen MR) is 100.0 cm³/mol. The van der Waals surface area contributed by atoms with Gasteiger partial charge in [-0.25, -0.2) is 13.4 Å². The van der Waals surface area contributed by atoms with Gasteiger partial charge >= 0.3 is 0 Å². The third-order valence-electron chi connectivity index (χ3n) is 4.45. The Morgan fingerprint density at radius 2 is 2.12 bits per heavy atom. The van der Waals surface area contributed by atoms with Crippen LogP contribution in [0.25, 0.3) is 10.6 Å². The number of nitrogens with zero attached hydrogens (tertiary/aromatic N) is 2. The van der Waals surface area contributed by atoms with Gasteiger partial charge in [-0.2, -0.15) is 0 Å². The summed E-state index contributed by atoms with van der Waals surface area (Å²) in [5, 5.41) is 1.06. The van der Waals surface area contributed by atoms with E-state index in [1.165, 1.54) is 22.3 Å². The molecule has 130 valence electrons. The molecule has 1 saturated heterocycles. The molecule has 3 rings (SSSR count). The highest BCUT2D eigenvalue weighted by atomic mass is 32.2. The quantitative estimate of drug-likeness (QED) is 0.816. The largest absolute Gasteiger partial charge is 0.298 e. The van der Waals surface area contributed by atoms with E-state index in [4.69, 9.17) is 0 Å². The maximum absolute atomic E-state index is 11.5. The highest BCUT2D eigenvalue weighted by molar-refractivity contribution is 7.90. The molecule has 2 aromatic rings. The molecule has 0 unspecified atom stereocenters. The standard InChI is InChI=1S/C18H24N2O2S2/c1-14-6-3-4-8-17(14)18-19-10-16(23-18)12-20-9-5-7-15(11-20)13-24(2,21)22/h3-4,6,8,10,15H,5,7,9,11-13H2,1-2H3/t15-/m1/s1. The first-order valence-corrected chi connectivity index (χ1v) is 11.2. The van der Waals surface area contributed by atoms with Crippen molar-refractivity contribution in [2.75, 3.05) is 25.1 Å². The summed E-state index contributed by atoms with van der Waals surface area (Å²) in [7, 11) is -2.89. The van der Waals surface area contributed by atoms with E-state index < -0.39 is 9.84 Å². The zero-order chi connectivity index (χ0) is 17.2. The van der Waals surface area contributed by atoms with Crippen LogP contribution < -0.4 is 0 Å². The Balaban J connectivity index is 1.65. The van der Waals surface area contributed by atoms with E-state index in [0.717, 1.165) is 37.5 Å². The molecule has 1 aromatic carbocycles. The number of hydrogen-bond donors (Lipinski definition) is 0. The van der Waals surface area contributed by atoms with Crippen molar-refractivity contribution in [1.29, 1.82) is 0 Å². The number of thiazole rings is 1. The van der Waals surface area contributed by atoms with Gasteiger partial charge in [-0.15, -0.1) is 11.3 Å². The van der Waals surface area contributed by atoms with Crippen LogP contribution in [-0.4, -0.2) is 43.4 Å². The Labute approximate surface area is 148 Å². The summed E-state index contributed by atoms with van der Waals surface area (Å²) in [4.78, 5) is 8.20. The van der Waals surface area contributed by atoms with Crippen LogP contribution in [0.2, 0.25) is 0 Å². The van der Waals surface area contributed by atoms with Crippen LogP contribution >= 0.6 is 11.3 Å². The second-order valence-electron chi connectivity index (χ2n) is 6.78. The van der Waals surface area contributed by atoms with Gasteiger partial charge in [0.15, 0.2) is 0 Å². The van der Waals surface area contributed by atoms with Crippen LogP contribution in [0.5, 0.6) is 0 Å². The number of sulfone groups is 1. The molecule has 1 fully saturated rings. The maximum Gasteiger partial charge on any atom is 0.147 e. The molecule has 6 heteroatoms. The van der Waals surface area contributed by atoms with E-state index in [1.807, 2.05) is 18.3 Å². The molecule has 0 saturated carbocycles. The van der Waals surface area contributed by atoms with Gasteiger partial charge in [-0.3, -0.25) is 4.90 Å². The third-order valence-corrected chi connectivity index (χ3v) is 6.54. The highest BCUT2D eigenvalue weighted by Crippen LogP contribution is 2.29. The van der Waals surface area contributed by atoms with E-state index in [9.17, 15) is 8.42 Å². The summed E-state index contributed by atoms with van der Waals surface area (Å²) < 4.78 is 23.1. The average molecular weight is 365 g/mol. The molecule has 0 aliphatic carbocycles. The van der Waals surface area contributed by atoms with Gasteiger partial charge in [-0.05, 0) is 37.8 Å². The summed E-state index contributed by atoms with van der Waals surface area (Å²) in [5.74, 6) is 0.568. The van der Waals surface area contributed by atoms with Crippen molar-refractivity contribution in [3.05, 3.63) is 40.9 Å². The molecule has 0 radical (unpaired) electrons. The summed E-state index contributed by atoms with van der Waals surface area (Å²) in [6.07, 6.45) is 5.39. The Kier molecular flexibility index (Phi) is 5.37. The number of likely N-dealkylation sites (tertiary alicyclic amines) is 1. The SMILES string of the molecule is Cc1ccccc1-c1ncc(CN2CCC[C@@H](CS(C)(=O)=O)C2)s1. The van der Waals surface area contributed by atoms with Gasteiger partial charge in [0.05, 0.1) is 5.75 Å². The zero-order valence-corrected chi connectivity index (χ0v) is 15.9. The number of piperidine rings is 1. The zero-order valence-electron chi connectivity index (χ0n) is 14.2. The first kappa shape index (κ1) is 17.6. The molecule has 1 aromatic heterocycles. The fourth-order valence-corrected chi connectivity index (χ4v) is 5.57. The maximum atomic E-state index is 11.5. The van der Waals surface area contributed by atoms with E-state index in [0.29, 0.717) is 5.75 Å². The van der Waals surface area contributed by atoms with E-state index >= 15 is 0 Å². The number of aryl methyl sites for hydroxylation is 1.